The summed E-state index contributed by atoms with van der Waals surface area (Å²) in [6.45, 7) is 9.08. The summed E-state index contributed by atoms with van der Waals surface area (Å²) in [5, 5.41) is 7.09. The molecule has 2 atom stereocenters. The Morgan fingerprint density at radius 1 is 1.28 bits per heavy atom. The quantitative estimate of drug-likeness (QED) is 0.814. The van der Waals surface area contributed by atoms with Crippen LogP contribution < -0.4 is 4.74 Å². The zero-order valence-corrected chi connectivity index (χ0v) is 15.2. The lowest BCUT2D eigenvalue weighted by atomic mass is 9.87. The largest absolute Gasteiger partial charge is 0.486 e. The van der Waals surface area contributed by atoms with Crippen molar-refractivity contribution in [1.29, 1.82) is 0 Å². The van der Waals surface area contributed by atoms with Crippen LogP contribution in [0, 0.1) is 5.92 Å². The molecule has 6 nitrogen and oxygen atoms in total. The van der Waals surface area contributed by atoms with Gasteiger partial charge in [0, 0.05) is 5.92 Å². The molecule has 134 valence electrons. The number of ether oxygens (including phenoxy) is 2. The van der Waals surface area contributed by atoms with Crippen LogP contribution in [0.2, 0.25) is 0 Å². The third-order valence-corrected chi connectivity index (χ3v) is 4.36. The lowest BCUT2D eigenvalue weighted by Crippen LogP contribution is -2.10. The lowest BCUT2D eigenvalue weighted by Gasteiger charge is -2.19. The number of aromatic nitrogens is 3. The monoisotopic (exact) mass is 343 g/mol. The molecule has 1 aromatic carbocycles. The number of esters is 1. The molecule has 2 aromatic rings. The van der Waals surface area contributed by atoms with Gasteiger partial charge in [0.1, 0.15) is 12.4 Å². The molecule has 1 aliphatic carbocycles. The first-order chi connectivity index (χ1) is 11.9. The predicted octanol–water partition coefficient (Wildman–Crippen LogP) is 3.35. The van der Waals surface area contributed by atoms with Gasteiger partial charge < -0.3 is 9.47 Å². The highest BCUT2D eigenvalue weighted by atomic mass is 16.5. The highest BCUT2D eigenvalue weighted by Crippen LogP contribution is 2.46. The van der Waals surface area contributed by atoms with E-state index in [1.807, 2.05) is 19.1 Å². The minimum atomic E-state index is -0.158. The van der Waals surface area contributed by atoms with Gasteiger partial charge in [-0.3, -0.25) is 9.89 Å². The van der Waals surface area contributed by atoms with Gasteiger partial charge in [-0.15, -0.1) is 0 Å². The van der Waals surface area contributed by atoms with Crippen LogP contribution in [0.1, 0.15) is 57.2 Å². The Morgan fingerprint density at radius 3 is 2.64 bits per heavy atom. The average Bonchev–Trinajstić information content (AvgIpc) is 3.24. The van der Waals surface area contributed by atoms with E-state index in [4.69, 9.17) is 9.47 Å². The van der Waals surface area contributed by atoms with Gasteiger partial charge in [-0.1, -0.05) is 32.9 Å². The maximum Gasteiger partial charge on any atom is 0.309 e. The van der Waals surface area contributed by atoms with Crippen LogP contribution in [0.15, 0.2) is 24.3 Å². The van der Waals surface area contributed by atoms with Crippen LogP contribution in [-0.2, 0) is 21.6 Å². The first-order valence-electron chi connectivity index (χ1n) is 8.69. The number of rotatable bonds is 6. The van der Waals surface area contributed by atoms with Gasteiger partial charge >= 0.3 is 5.97 Å². The molecule has 6 heteroatoms. The van der Waals surface area contributed by atoms with Crippen molar-refractivity contribution in [2.24, 2.45) is 5.92 Å². The number of aromatic amines is 1. The first kappa shape index (κ1) is 17.5. The molecular formula is C19H25N3O3. The van der Waals surface area contributed by atoms with Crippen LogP contribution in [0.3, 0.4) is 0 Å². The summed E-state index contributed by atoms with van der Waals surface area (Å²) in [5.74, 6) is 1.92. The van der Waals surface area contributed by atoms with Crippen LogP contribution in [-0.4, -0.2) is 27.8 Å². The summed E-state index contributed by atoms with van der Waals surface area (Å²) in [7, 11) is 0. The van der Waals surface area contributed by atoms with Gasteiger partial charge in [0.25, 0.3) is 0 Å². The van der Waals surface area contributed by atoms with E-state index in [0.717, 1.165) is 12.2 Å². The van der Waals surface area contributed by atoms with E-state index in [1.54, 1.807) is 0 Å². The van der Waals surface area contributed by atoms with E-state index in [1.165, 1.54) is 5.56 Å². The van der Waals surface area contributed by atoms with Crippen LogP contribution in [0.25, 0.3) is 0 Å². The summed E-state index contributed by atoms with van der Waals surface area (Å²) in [6, 6.07) is 8.09. The number of hydrogen-bond acceptors (Lipinski definition) is 5. The first-order valence-corrected chi connectivity index (χ1v) is 8.69. The predicted molar refractivity (Wildman–Crippen MR) is 93.3 cm³/mol. The van der Waals surface area contributed by atoms with Crippen LogP contribution in [0.5, 0.6) is 5.75 Å². The van der Waals surface area contributed by atoms with E-state index in [-0.39, 0.29) is 23.2 Å². The van der Waals surface area contributed by atoms with Gasteiger partial charge in [-0.05, 0) is 36.5 Å². The average molecular weight is 343 g/mol. The third kappa shape index (κ3) is 4.18. The number of carbonyl (C=O) groups excluding carboxylic acids is 1. The fourth-order valence-electron chi connectivity index (χ4n) is 2.73. The minimum absolute atomic E-state index is 0.0649. The van der Waals surface area contributed by atoms with Gasteiger partial charge in [0.05, 0.1) is 12.5 Å². The van der Waals surface area contributed by atoms with Crippen molar-refractivity contribution in [2.45, 2.75) is 52.1 Å². The van der Waals surface area contributed by atoms with Crippen LogP contribution in [0.4, 0.5) is 0 Å². The molecule has 25 heavy (non-hydrogen) atoms. The Labute approximate surface area is 148 Å². The van der Waals surface area contributed by atoms with E-state index in [9.17, 15) is 4.79 Å². The maximum absolute atomic E-state index is 11.7. The fraction of sp³-hybridized carbons (Fsp3) is 0.526. The van der Waals surface area contributed by atoms with Crippen molar-refractivity contribution in [3.8, 4) is 5.75 Å². The zero-order chi connectivity index (χ0) is 18.0. The number of carbonyl (C=O) groups is 1. The van der Waals surface area contributed by atoms with Crippen molar-refractivity contribution in [2.75, 3.05) is 6.61 Å². The summed E-state index contributed by atoms with van der Waals surface area (Å²) in [5.41, 5.74) is 1.39. The summed E-state index contributed by atoms with van der Waals surface area (Å²) in [6.07, 6.45) is 0.755. The fourth-order valence-corrected chi connectivity index (χ4v) is 2.73. The molecule has 1 N–H and O–H groups in total. The Morgan fingerprint density at radius 2 is 2.00 bits per heavy atom. The smallest absolute Gasteiger partial charge is 0.309 e. The second-order valence-corrected chi connectivity index (χ2v) is 7.40. The molecule has 0 unspecified atom stereocenters. The number of benzene rings is 1. The Kier molecular flexibility index (Phi) is 4.79. The molecule has 0 spiro atoms. The molecule has 0 radical (unpaired) electrons. The van der Waals surface area contributed by atoms with Gasteiger partial charge in [0.15, 0.2) is 11.6 Å². The van der Waals surface area contributed by atoms with Crippen molar-refractivity contribution in [3.05, 3.63) is 41.5 Å². The topological polar surface area (TPSA) is 77.1 Å². The Balaban J connectivity index is 1.53. The van der Waals surface area contributed by atoms with Crippen molar-refractivity contribution in [3.63, 3.8) is 0 Å². The molecule has 1 heterocycles. The Hall–Kier alpha value is -2.37. The molecule has 0 aliphatic heterocycles. The number of nitrogens with zero attached hydrogens (tertiary/aromatic N) is 2. The molecule has 0 bridgehead atoms. The molecule has 1 saturated carbocycles. The minimum Gasteiger partial charge on any atom is -0.486 e. The van der Waals surface area contributed by atoms with E-state index in [2.05, 4.69) is 48.1 Å². The standard InChI is InChI=1S/C19H25N3O3/c1-5-24-18(23)15-10-14(15)17-20-16(21-22-17)11-25-13-8-6-12(7-9-13)19(2,3)4/h6-9,14-15H,5,10-11H2,1-4H3,(H,20,21,22)/t14-,15-/m1/s1. The summed E-state index contributed by atoms with van der Waals surface area (Å²) >= 11 is 0. The van der Waals surface area contributed by atoms with Crippen LogP contribution >= 0.6 is 0 Å². The zero-order valence-electron chi connectivity index (χ0n) is 15.2. The molecule has 1 fully saturated rings. The molecule has 1 aliphatic rings. The Bertz CT molecular complexity index is 731. The molecular weight excluding hydrogens is 318 g/mol. The van der Waals surface area contributed by atoms with E-state index < -0.39 is 0 Å². The van der Waals surface area contributed by atoms with Gasteiger partial charge in [0.2, 0.25) is 0 Å². The maximum atomic E-state index is 11.7. The molecule has 0 amide bonds. The number of hydrogen-bond donors (Lipinski definition) is 1. The van der Waals surface area contributed by atoms with Crippen molar-refractivity contribution >= 4 is 5.97 Å². The molecule has 0 saturated heterocycles. The van der Waals surface area contributed by atoms with Gasteiger partial charge in [-0.25, -0.2) is 4.98 Å². The molecule has 1 aromatic heterocycles. The van der Waals surface area contributed by atoms with Gasteiger partial charge in [-0.2, -0.15) is 5.10 Å². The van der Waals surface area contributed by atoms with Crippen molar-refractivity contribution in [1.82, 2.24) is 15.2 Å². The van der Waals surface area contributed by atoms with E-state index >= 15 is 0 Å². The molecule has 3 rings (SSSR count). The van der Waals surface area contributed by atoms with E-state index in [0.29, 0.717) is 24.9 Å². The van der Waals surface area contributed by atoms with Crippen molar-refractivity contribution < 1.29 is 14.3 Å². The second-order valence-electron chi connectivity index (χ2n) is 7.40. The third-order valence-electron chi connectivity index (χ3n) is 4.36. The normalized spacial score (nSPS) is 19.5. The SMILES string of the molecule is CCOC(=O)[C@@H]1C[C@H]1c1n[nH]c(COc2ccc(C(C)(C)C)cc2)n1. The lowest BCUT2D eigenvalue weighted by molar-refractivity contribution is -0.144. The highest BCUT2D eigenvalue weighted by Gasteiger charge is 2.47. The number of nitrogens with one attached hydrogen (secondary N) is 1. The number of H-pyrrole nitrogens is 1. The highest BCUT2D eigenvalue weighted by molar-refractivity contribution is 5.77. The second kappa shape index (κ2) is 6.86. The summed E-state index contributed by atoms with van der Waals surface area (Å²) in [4.78, 5) is 16.1. The summed E-state index contributed by atoms with van der Waals surface area (Å²) < 4.78 is 10.8.